The molecule has 2 N–H and O–H groups in total. The Hall–Kier alpha value is -1.96. The number of guanidine groups is 1. The van der Waals surface area contributed by atoms with Crippen LogP contribution >= 0.6 is 24.0 Å². The van der Waals surface area contributed by atoms with Gasteiger partial charge in [-0.05, 0) is 31.0 Å². The molecule has 1 atom stereocenters. The zero-order valence-corrected chi connectivity index (χ0v) is 18.4. The van der Waals surface area contributed by atoms with Crippen molar-refractivity contribution in [1.29, 1.82) is 0 Å². The van der Waals surface area contributed by atoms with Crippen molar-refractivity contribution in [2.75, 3.05) is 20.7 Å². The van der Waals surface area contributed by atoms with E-state index in [1.54, 1.807) is 14.2 Å². The molecule has 0 radical (unpaired) electrons. The summed E-state index contributed by atoms with van der Waals surface area (Å²) in [5.41, 5.74) is 3.58. The van der Waals surface area contributed by atoms with E-state index < -0.39 is 0 Å². The van der Waals surface area contributed by atoms with E-state index in [1.165, 1.54) is 11.1 Å². The van der Waals surface area contributed by atoms with E-state index in [9.17, 15) is 0 Å². The fourth-order valence-corrected chi connectivity index (χ4v) is 3.18. The third-order valence-corrected chi connectivity index (χ3v) is 4.52. The molecule has 1 heterocycles. The van der Waals surface area contributed by atoms with Crippen molar-refractivity contribution < 1.29 is 9.47 Å². The average Bonchev–Trinajstić information content (AvgIpc) is 3.03. The van der Waals surface area contributed by atoms with Crippen LogP contribution < -0.4 is 20.1 Å². The van der Waals surface area contributed by atoms with Crippen molar-refractivity contribution in [3.63, 3.8) is 0 Å². The van der Waals surface area contributed by atoms with Crippen molar-refractivity contribution in [1.82, 2.24) is 10.6 Å². The molecule has 0 spiro atoms. The summed E-state index contributed by atoms with van der Waals surface area (Å²) in [6.07, 6.45) is 2.11. The first kappa shape index (κ1) is 21.3. The minimum Gasteiger partial charge on any atom is -0.496 e. The molecule has 2 aromatic rings. The van der Waals surface area contributed by atoms with Gasteiger partial charge in [0.25, 0.3) is 0 Å². The number of rotatable bonds is 6. The number of nitrogens with one attached hydrogen (secondary N) is 2. The van der Waals surface area contributed by atoms with Gasteiger partial charge >= 0.3 is 0 Å². The molecule has 5 nitrogen and oxygen atoms in total. The Balaban J connectivity index is 0.00000261. The van der Waals surface area contributed by atoms with Crippen molar-refractivity contribution >= 4 is 29.9 Å². The van der Waals surface area contributed by atoms with Gasteiger partial charge in [0.1, 0.15) is 17.6 Å². The molecule has 27 heavy (non-hydrogen) atoms. The molecule has 1 unspecified atom stereocenters. The Morgan fingerprint density at radius 2 is 2.00 bits per heavy atom. The Morgan fingerprint density at radius 3 is 2.70 bits per heavy atom. The number of hydrogen-bond donors (Lipinski definition) is 2. The lowest BCUT2D eigenvalue weighted by Crippen LogP contribution is -2.37. The number of benzene rings is 2. The van der Waals surface area contributed by atoms with E-state index in [1.807, 2.05) is 6.07 Å². The quantitative estimate of drug-likeness (QED) is 0.377. The highest BCUT2D eigenvalue weighted by molar-refractivity contribution is 14.0. The maximum atomic E-state index is 5.86. The van der Waals surface area contributed by atoms with E-state index in [-0.39, 0.29) is 30.1 Å². The summed E-state index contributed by atoms with van der Waals surface area (Å²) in [4.78, 5) is 4.30. The second kappa shape index (κ2) is 10.4. The maximum absolute atomic E-state index is 5.86. The first-order valence-electron chi connectivity index (χ1n) is 9.04. The molecule has 0 aromatic heterocycles. The molecular formula is C21H28IN3O2. The number of hydrogen-bond acceptors (Lipinski definition) is 3. The van der Waals surface area contributed by atoms with Gasteiger partial charge in [0.15, 0.2) is 5.96 Å². The van der Waals surface area contributed by atoms with Crippen molar-refractivity contribution in [2.24, 2.45) is 4.99 Å². The van der Waals surface area contributed by atoms with E-state index >= 15 is 0 Å². The normalized spacial score (nSPS) is 15.4. The lowest BCUT2D eigenvalue weighted by Gasteiger charge is -2.15. The molecule has 0 saturated carbocycles. The highest BCUT2D eigenvalue weighted by atomic mass is 127. The number of methoxy groups -OCH3 is 1. The van der Waals surface area contributed by atoms with Crippen LogP contribution in [-0.2, 0) is 19.4 Å². The molecule has 0 fully saturated rings. The van der Waals surface area contributed by atoms with E-state index in [0.29, 0.717) is 6.54 Å². The predicted molar refractivity (Wildman–Crippen MR) is 121 cm³/mol. The molecule has 0 saturated heterocycles. The smallest absolute Gasteiger partial charge is 0.191 e. The summed E-state index contributed by atoms with van der Waals surface area (Å²) >= 11 is 0. The Labute approximate surface area is 178 Å². The van der Waals surface area contributed by atoms with Crippen molar-refractivity contribution in [3.05, 3.63) is 59.2 Å². The minimum absolute atomic E-state index is 0. The zero-order chi connectivity index (χ0) is 18.4. The average molecular weight is 481 g/mol. The fourth-order valence-electron chi connectivity index (χ4n) is 3.18. The van der Waals surface area contributed by atoms with Gasteiger partial charge in [-0.25, -0.2) is 0 Å². The minimum atomic E-state index is 0. The van der Waals surface area contributed by atoms with Crippen LogP contribution in [0, 0.1) is 0 Å². The standard InChI is InChI=1S/C21H27N3O2.HI/c1-15-11-17-12-19(25-3)18(13-20(17)26-15)14-24-21(22-2)23-10-9-16-7-5-4-6-8-16;/h4-8,12-13,15H,9-11,14H2,1-3H3,(H2,22,23,24);1H. The molecule has 0 bridgehead atoms. The van der Waals surface area contributed by atoms with Crippen LogP contribution in [0.2, 0.25) is 0 Å². The number of fused-ring (bicyclic) bond motifs is 1. The third kappa shape index (κ3) is 5.76. The molecule has 3 rings (SSSR count). The Bertz CT molecular complexity index is 766. The summed E-state index contributed by atoms with van der Waals surface area (Å²) in [5.74, 6) is 2.62. The predicted octanol–water partition coefficient (Wildman–Crippen LogP) is 3.54. The van der Waals surface area contributed by atoms with Crippen LogP contribution in [0.15, 0.2) is 47.5 Å². The summed E-state index contributed by atoms with van der Waals surface area (Å²) in [7, 11) is 3.49. The van der Waals surface area contributed by atoms with Crippen molar-refractivity contribution in [2.45, 2.75) is 32.4 Å². The third-order valence-electron chi connectivity index (χ3n) is 4.52. The van der Waals surface area contributed by atoms with Crippen LogP contribution in [0.3, 0.4) is 0 Å². The van der Waals surface area contributed by atoms with Crippen LogP contribution in [0.5, 0.6) is 11.5 Å². The fraction of sp³-hybridized carbons (Fsp3) is 0.381. The first-order chi connectivity index (χ1) is 12.7. The molecule has 0 aliphatic carbocycles. The van der Waals surface area contributed by atoms with E-state index in [4.69, 9.17) is 9.47 Å². The Kier molecular flexibility index (Phi) is 8.22. The van der Waals surface area contributed by atoms with E-state index in [0.717, 1.165) is 42.4 Å². The molecule has 146 valence electrons. The molecule has 1 aliphatic heterocycles. The van der Waals surface area contributed by atoms with Gasteiger partial charge in [0, 0.05) is 37.7 Å². The highest BCUT2D eigenvalue weighted by Crippen LogP contribution is 2.34. The summed E-state index contributed by atoms with van der Waals surface area (Å²) in [6, 6.07) is 14.6. The molecular weight excluding hydrogens is 453 g/mol. The lowest BCUT2D eigenvalue weighted by atomic mass is 10.1. The van der Waals surface area contributed by atoms with Gasteiger partial charge in [-0.1, -0.05) is 30.3 Å². The van der Waals surface area contributed by atoms with Gasteiger partial charge in [-0.3, -0.25) is 4.99 Å². The number of nitrogens with zero attached hydrogens (tertiary/aromatic N) is 1. The molecule has 0 amide bonds. The van der Waals surface area contributed by atoms with Gasteiger partial charge in [0.2, 0.25) is 0 Å². The first-order valence-corrected chi connectivity index (χ1v) is 9.04. The summed E-state index contributed by atoms with van der Waals surface area (Å²) < 4.78 is 11.4. The van der Waals surface area contributed by atoms with E-state index in [2.05, 4.69) is 58.9 Å². The number of ether oxygens (including phenoxy) is 2. The highest BCUT2D eigenvalue weighted by Gasteiger charge is 2.21. The summed E-state index contributed by atoms with van der Waals surface area (Å²) in [5, 5.41) is 6.70. The number of aliphatic imine (C=N–C) groups is 1. The van der Waals surface area contributed by atoms with Gasteiger partial charge in [-0.15, -0.1) is 24.0 Å². The van der Waals surface area contributed by atoms with Gasteiger partial charge in [0.05, 0.1) is 7.11 Å². The monoisotopic (exact) mass is 481 g/mol. The topological polar surface area (TPSA) is 54.9 Å². The van der Waals surface area contributed by atoms with Crippen LogP contribution in [0.1, 0.15) is 23.6 Å². The Morgan fingerprint density at radius 1 is 1.22 bits per heavy atom. The SMILES string of the molecule is CN=C(NCCc1ccccc1)NCc1cc2c(cc1OC)CC(C)O2.I. The zero-order valence-electron chi connectivity index (χ0n) is 16.1. The summed E-state index contributed by atoms with van der Waals surface area (Å²) in [6.45, 7) is 3.54. The van der Waals surface area contributed by atoms with Crippen LogP contribution in [0.4, 0.5) is 0 Å². The molecule has 2 aromatic carbocycles. The molecule has 1 aliphatic rings. The molecule has 6 heteroatoms. The van der Waals surface area contributed by atoms with Gasteiger partial charge < -0.3 is 20.1 Å². The lowest BCUT2D eigenvalue weighted by molar-refractivity contribution is 0.254. The number of halogens is 1. The van der Waals surface area contributed by atoms with Gasteiger partial charge in [-0.2, -0.15) is 0 Å². The second-order valence-electron chi connectivity index (χ2n) is 6.49. The van der Waals surface area contributed by atoms with Crippen molar-refractivity contribution in [3.8, 4) is 11.5 Å². The van der Waals surface area contributed by atoms with Crippen LogP contribution in [0.25, 0.3) is 0 Å². The second-order valence-corrected chi connectivity index (χ2v) is 6.49. The van der Waals surface area contributed by atoms with Crippen LogP contribution in [-0.4, -0.2) is 32.8 Å². The maximum Gasteiger partial charge on any atom is 0.191 e. The largest absolute Gasteiger partial charge is 0.496 e.